The van der Waals surface area contributed by atoms with E-state index in [0.29, 0.717) is 5.56 Å². The Morgan fingerprint density at radius 3 is 2.74 bits per heavy atom. The van der Waals surface area contributed by atoms with Gasteiger partial charge in [-0.2, -0.15) is 0 Å². The van der Waals surface area contributed by atoms with E-state index in [9.17, 15) is 14.9 Å². The van der Waals surface area contributed by atoms with E-state index in [-0.39, 0.29) is 30.3 Å². The van der Waals surface area contributed by atoms with Gasteiger partial charge in [0.15, 0.2) is 0 Å². The quantitative estimate of drug-likeness (QED) is 0.488. The molecule has 0 aromatic heterocycles. The number of rotatable bonds is 6. The lowest BCUT2D eigenvalue weighted by Crippen LogP contribution is -2.29. The summed E-state index contributed by atoms with van der Waals surface area (Å²) in [4.78, 5) is 22.2. The van der Waals surface area contributed by atoms with Crippen LogP contribution in [0.3, 0.4) is 0 Å². The Hall–Kier alpha value is -2.10. The molecule has 100 valence electrons. The Morgan fingerprint density at radius 1 is 1.58 bits per heavy atom. The lowest BCUT2D eigenvalue weighted by Gasteiger charge is -2.17. The monoisotopic (exact) mass is 282 g/mol. The molecule has 1 N–H and O–H groups in total. The van der Waals surface area contributed by atoms with Gasteiger partial charge in [-0.1, -0.05) is 17.5 Å². The molecule has 0 fully saturated rings. The minimum absolute atomic E-state index is 0.115. The fraction of sp³-hybridized carbons (Fsp3) is 0.250. The van der Waals surface area contributed by atoms with Gasteiger partial charge in [-0.25, -0.2) is 0 Å². The molecule has 0 heterocycles. The molecule has 7 heteroatoms. The van der Waals surface area contributed by atoms with Crippen LogP contribution in [-0.4, -0.2) is 34.0 Å². The van der Waals surface area contributed by atoms with E-state index in [1.165, 1.54) is 23.1 Å². The molecule has 0 amide bonds. The zero-order valence-corrected chi connectivity index (χ0v) is 10.6. The number of hydrogen-bond acceptors (Lipinski definition) is 4. The SMILES string of the molecule is C#CCN(CC(=O)O)Cc1ccc([N+](=O)[O-])cc1Cl. The predicted octanol–water partition coefficient (Wildman–Crippen LogP) is 1.77. The van der Waals surface area contributed by atoms with Gasteiger partial charge in [-0.05, 0) is 11.6 Å². The molecular formula is C12H11ClN2O4. The van der Waals surface area contributed by atoms with Crippen LogP contribution in [0.1, 0.15) is 5.56 Å². The Balaban J connectivity index is 2.88. The molecular weight excluding hydrogens is 272 g/mol. The lowest BCUT2D eigenvalue weighted by atomic mass is 10.2. The Labute approximate surface area is 114 Å². The molecule has 0 saturated carbocycles. The van der Waals surface area contributed by atoms with Gasteiger partial charge in [0, 0.05) is 18.7 Å². The summed E-state index contributed by atoms with van der Waals surface area (Å²) in [5.41, 5.74) is 0.472. The van der Waals surface area contributed by atoms with Crippen molar-refractivity contribution in [3.05, 3.63) is 38.9 Å². The van der Waals surface area contributed by atoms with Gasteiger partial charge in [0.25, 0.3) is 5.69 Å². The average molecular weight is 283 g/mol. The summed E-state index contributed by atoms with van der Waals surface area (Å²) in [7, 11) is 0. The number of terminal acetylenes is 1. The van der Waals surface area contributed by atoms with Crippen LogP contribution in [0, 0.1) is 22.5 Å². The molecule has 0 atom stereocenters. The molecule has 0 unspecified atom stereocenters. The summed E-state index contributed by atoms with van der Waals surface area (Å²) in [5, 5.41) is 19.5. The highest BCUT2D eigenvalue weighted by atomic mass is 35.5. The van der Waals surface area contributed by atoms with E-state index >= 15 is 0 Å². The van der Waals surface area contributed by atoms with Gasteiger partial charge in [-0.3, -0.25) is 19.8 Å². The number of nitrogens with zero attached hydrogens (tertiary/aromatic N) is 2. The summed E-state index contributed by atoms with van der Waals surface area (Å²) in [6, 6.07) is 4.04. The first-order valence-electron chi connectivity index (χ1n) is 5.24. The first-order chi connectivity index (χ1) is 8.93. The zero-order chi connectivity index (χ0) is 14.4. The fourth-order valence-electron chi connectivity index (χ4n) is 1.51. The van der Waals surface area contributed by atoms with Crippen molar-refractivity contribution in [1.82, 2.24) is 4.90 Å². The number of non-ortho nitro benzene ring substituents is 1. The molecule has 1 aromatic rings. The van der Waals surface area contributed by atoms with Gasteiger partial charge in [0.2, 0.25) is 0 Å². The Bertz CT molecular complexity index is 539. The van der Waals surface area contributed by atoms with Crippen molar-refractivity contribution in [2.75, 3.05) is 13.1 Å². The summed E-state index contributed by atoms with van der Waals surface area (Å²) in [5.74, 6) is 1.35. The summed E-state index contributed by atoms with van der Waals surface area (Å²) in [6.45, 7) is 0.143. The molecule has 0 aliphatic rings. The second-order valence-electron chi connectivity index (χ2n) is 3.78. The van der Waals surface area contributed by atoms with Crippen molar-refractivity contribution in [3.8, 4) is 12.3 Å². The van der Waals surface area contributed by atoms with Crippen LogP contribution in [0.15, 0.2) is 18.2 Å². The first-order valence-corrected chi connectivity index (χ1v) is 5.62. The van der Waals surface area contributed by atoms with Gasteiger partial charge >= 0.3 is 5.97 Å². The number of nitro groups is 1. The van der Waals surface area contributed by atoms with E-state index in [1.807, 2.05) is 0 Å². The summed E-state index contributed by atoms with van der Waals surface area (Å²) in [6.07, 6.45) is 5.15. The van der Waals surface area contributed by atoms with Crippen LogP contribution in [-0.2, 0) is 11.3 Å². The standard InChI is InChI=1S/C12H11ClN2O4/c1-2-5-14(8-12(16)17)7-9-3-4-10(15(18)19)6-11(9)13/h1,3-4,6H,5,7-8H2,(H,16,17). The van der Waals surface area contributed by atoms with Crippen LogP contribution < -0.4 is 0 Å². The number of benzene rings is 1. The van der Waals surface area contributed by atoms with E-state index in [0.717, 1.165) is 0 Å². The molecule has 0 spiro atoms. The van der Waals surface area contributed by atoms with Crippen LogP contribution in [0.4, 0.5) is 5.69 Å². The largest absolute Gasteiger partial charge is 0.480 e. The van der Waals surface area contributed by atoms with Crippen molar-refractivity contribution in [3.63, 3.8) is 0 Å². The van der Waals surface area contributed by atoms with Crippen molar-refractivity contribution >= 4 is 23.3 Å². The topological polar surface area (TPSA) is 83.7 Å². The van der Waals surface area contributed by atoms with E-state index in [1.54, 1.807) is 0 Å². The summed E-state index contributed by atoms with van der Waals surface area (Å²) < 4.78 is 0. The number of halogens is 1. The van der Waals surface area contributed by atoms with E-state index in [2.05, 4.69) is 5.92 Å². The molecule has 1 aromatic carbocycles. The van der Waals surface area contributed by atoms with E-state index < -0.39 is 10.9 Å². The number of carboxylic acid groups (broad SMARTS) is 1. The maximum absolute atomic E-state index is 10.7. The van der Waals surface area contributed by atoms with Crippen LogP contribution in [0.5, 0.6) is 0 Å². The third-order valence-electron chi connectivity index (χ3n) is 2.32. The molecule has 0 aliphatic carbocycles. The number of aliphatic carboxylic acids is 1. The molecule has 19 heavy (non-hydrogen) atoms. The van der Waals surface area contributed by atoms with Gasteiger partial charge in [-0.15, -0.1) is 6.42 Å². The number of nitro benzene ring substituents is 1. The van der Waals surface area contributed by atoms with Crippen molar-refractivity contribution in [2.45, 2.75) is 6.54 Å². The Morgan fingerprint density at radius 2 is 2.26 bits per heavy atom. The fourth-order valence-corrected chi connectivity index (χ4v) is 1.74. The maximum Gasteiger partial charge on any atom is 0.317 e. The van der Waals surface area contributed by atoms with Gasteiger partial charge < -0.3 is 5.11 Å². The molecule has 0 bridgehead atoms. The second-order valence-corrected chi connectivity index (χ2v) is 4.18. The smallest absolute Gasteiger partial charge is 0.317 e. The number of hydrogen-bond donors (Lipinski definition) is 1. The normalized spacial score (nSPS) is 10.2. The van der Waals surface area contributed by atoms with Gasteiger partial charge in [0.05, 0.1) is 23.0 Å². The highest BCUT2D eigenvalue weighted by Crippen LogP contribution is 2.23. The van der Waals surface area contributed by atoms with Crippen molar-refractivity contribution in [2.24, 2.45) is 0 Å². The highest BCUT2D eigenvalue weighted by Gasteiger charge is 2.14. The third kappa shape index (κ3) is 4.58. The predicted molar refractivity (Wildman–Crippen MR) is 69.9 cm³/mol. The van der Waals surface area contributed by atoms with Crippen LogP contribution in [0.25, 0.3) is 0 Å². The third-order valence-corrected chi connectivity index (χ3v) is 2.67. The average Bonchev–Trinajstić information content (AvgIpc) is 2.31. The lowest BCUT2D eigenvalue weighted by molar-refractivity contribution is -0.384. The number of carboxylic acids is 1. The minimum atomic E-state index is -1.01. The van der Waals surface area contributed by atoms with Crippen molar-refractivity contribution < 1.29 is 14.8 Å². The maximum atomic E-state index is 10.7. The van der Waals surface area contributed by atoms with Crippen molar-refractivity contribution in [1.29, 1.82) is 0 Å². The first kappa shape index (κ1) is 15.0. The number of carbonyl (C=O) groups is 1. The van der Waals surface area contributed by atoms with Crippen LogP contribution >= 0.6 is 11.6 Å². The van der Waals surface area contributed by atoms with E-state index in [4.69, 9.17) is 23.1 Å². The molecule has 1 rings (SSSR count). The molecule has 6 nitrogen and oxygen atoms in total. The molecule has 0 aliphatic heterocycles. The van der Waals surface area contributed by atoms with Gasteiger partial charge in [0.1, 0.15) is 0 Å². The zero-order valence-electron chi connectivity index (χ0n) is 9.88. The minimum Gasteiger partial charge on any atom is -0.480 e. The second kappa shape index (κ2) is 6.73. The molecule has 0 saturated heterocycles. The van der Waals surface area contributed by atoms with Crippen LogP contribution in [0.2, 0.25) is 5.02 Å². The summed E-state index contributed by atoms with van der Waals surface area (Å²) >= 11 is 5.92. The molecule has 0 radical (unpaired) electrons. The highest BCUT2D eigenvalue weighted by molar-refractivity contribution is 6.31. The Kier molecular flexibility index (Phi) is 5.30.